The van der Waals surface area contributed by atoms with Gasteiger partial charge in [-0.2, -0.15) is 0 Å². The topological polar surface area (TPSA) is 29.5 Å². The molecule has 2 aromatic rings. The summed E-state index contributed by atoms with van der Waals surface area (Å²) in [4.78, 5) is 15.6. The second-order valence-corrected chi connectivity index (χ2v) is 7.91. The number of esters is 1. The van der Waals surface area contributed by atoms with E-state index in [1.165, 1.54) is 12.8 Å². The van der Waals surface area contributed by atoms with E-state index >= 15 is 0 Å². The highest BCUT2D eigenvalue weighted by atomic mass is 35.5. The Balaban J connectivity index is 1.56. The third kappa shape index (κ3) is 3.51. The smallest absolute Gasteiger partial charge is 0.318 e. The number of ether oxygens (including phenoxy) is 1. The van der Waals surface area contributed by atoms with E-state index in [9.17, 15) is 4.79 Å². The Morgan fingerprint density at radius 1 is 1.00 bits per heavy atom. The van der Waals surface area contributed by atoms with E-state index in [4.69, 9.17) is 16.3 Å². The van der Waals surface area contributed by atoms with Gasteiger partial charge in [0.1, 0.15) is 12.0 Å². The summed E-state index contributed by atoms with van der Waals surface area (Å²) in [7, 11) is 2.20. The van der Waals surface area contributed by atoms with Crippen LogP contribution in [-0.2, 0) is 9.53 Å². The van der Waals surface area contributed by atoms with Crippen LogP contribution in [0.15, 0.2) is 54.6 Å². The summed E-state index contributed by atoms with van der Waals surface area (Å²) in [6.07, 6.45) is 4.35. The number of nitrogens with zero attached hydrogens (tertiary/aromatic N) is 1. The molecular weight excluding hydrogens is 346 g/mol. The number of halogens is 1. The van der Waals surface area contributed by atoms with Crippen molar-refractivity contribution in [1.29, 1.82) is 0 Å². The fourth-order valence-electron chi connectivity index (χ4n) is 4.46. The molecule has 2 aromatic carbocycles. The predicted molar refractivity (Wildman–Crippen MR) is 103 cm³/mol. The zero-order valence-corrected chi connectivity index (χ0v) is 15.7. The number of rotatable bonds is 4. The Hall–Kier alpha value is -1.84. The lowest BCUT2D eigenvalue weighted by molar-refractivity contribution is -0.153. The molecule has 0 N–H and O–H groups in total. The fourth-order valence-corrected chi connectivity index (χ4v) is 4.58. The number of carbonyl (C=O) groups excluding carboxylic acids is 1. The van der Waals surface area contributed by atoms with Crippen LogP contribution in [0.1, 0.15) is 42.7 Å². The molecule has 2 aliphatic heterocycles. The van der Waals surface area contributed by atoms with E-state index < -0.39 is 5.92 Å². The molecule has 2 bridgehead atoms. The highest BCUT2D eigenvalue weighted by Gasteiger charge is 2.40. The first kappa shape index (κ1) is 17.6. The maximum absolute atomic E-state index is 13.1. The van der Waals surface area contributed by atoms with Crippen molar-refractivity contribution in [2.45, 2.75) is 49.8 Å². The van der Waals surface area contributed by atoms with Crippen molar-refractivity contribution in [2.75, 3.05) is 7.05 Å². The van der Waals surface area contributed by atoms with Crippen molar-refractivity contribution in [2.24, 2.45) is 0 Å². The van der Waals surface area contributed by atoms with Crippen molar-refractivity contribution >= 4 is 17.6 Å². The van der Waals surface area contributed by atoms with Gasteiger partial charge in [-0.3, -0.25) is 4.79 Å². The number of carbonyl (C=O) groups is 1. The van der Waals surface area contributed by atoms with Crippen LogP contribution in [0.4, 0.5) is 0 Å². The van der Waals surface area contributed by atoms with Gasteiger partial charge in [0, 0.05) is 17.1 Å². The summed E-state index contributed by atoms with van der Waals surface area (Å²) >= 11 is 6.03. The van der Waals surface area contributed by atoms with Crippen LogP contribution >= 0.6 is 11.6 Å². The average Bonchev–Trinajstić information content (AvgIpc) is 2.85. The normalized spacial score (nSPS) is 26.5. The monoisotopic (exact) mass is 369 g/mol. The standard InChI is InChI=1S/C22H24ClNO2/c1-24-18-11-12-19(24)14-20(13-18)26-22(25)21(15-5-3-2-4-6-15)16-7-9-17(23)10-8-16/h2-10,18-21H,11-14H2,1H3/t18-,19+,20?,21?. The number of hydrogen-bond acceptors (Lipinski definition) is 3. The average molecular weight is 370 g/mol. The lowest BCUT2D eigenvalue weighted by Crippen LogP contribution is -2.43. The lowest BCUT2D eigenvalue weighted by Gasteiger charge is -2.36. The fraction of sp³-hybridized carbons (Fsp3) is 0.409. The molecule has 3 nitrogen and oxygen atoms in total. The third-order valence-electron chi connectivity index (χ3n) is 5.91. The van der Waals surface area contributed by atoms with Crippen molar-refractivity contribution < 1.29 is 9.53 Å². The number of benzene rings is 2. The highest BCUT2D eigenvalue weighted by Crippen LogP contribution is 2.36. The summed E-state index contributed by atoms with van der Waals surface area (Å²) < 4.78 is 6.02. The van der Waals surface area contributed by atoms with Crippen molar-refractivity contribution in [1.82, 2.24) is 4.90 Å². The minimum Gasteiger partial charge on any atom is -0.462 e. The molecule has 0 spiro atoms. The maximum atomic E-state index is 13.1. The second-order valence-electron chi connectivity index (χ2n) is 7.48. The SMILES string of the molecule is CN1[C@@H]2CC[C@H]1CC(OC(=O)C(c1ccccc1)c1ccc(Cl)cc1)C2. The largest absolute Gasteiger partial charge is 0.462 e. The minimum atomic E-state index is -0.411. The van der Waals surface area contributed by atoms with E-state index in [0.717, 1.165) is 24.0 Å². The molecule has 0 saturated carbocycles. The van der Waals surface area contributed by atoms with Gasteiger partial charge in [0.25, 0.3) is 0 Å². The van der Waals surface area contributed by atoms with E-state index in [2.05, 4.69) is 11.9 Å². The van der Waals surface area contributed by atoms with Gasteiger partial charge in [0.15, 0.2) is 0 Å². The minimum absolute atomic E-state index is 0.0229. The first-order chi connectivity index (χ1) is 12.6. The van der Waals surface area contributed by atoms with Crippen LogP contribution in [0.5, 0.6) is 0 Å². The summed E-state index contributed by atoms with van der Waals surface area (Å²) in [5.41, 5.74) is 1.87. The Morgan fingerprint density at radius 3 is 2.19 bits per heavy atom. The van der Waals surface area contributed by atoms with Gasteiger partial charge in [0.05, 0.1) is 0 Å². The predicted octanol–water partition coefficient (Wildman–Crippen LogP) is 4.64. The number of piperidine rings is 1. The first-order valence-electron chi connectivity index (χ1n) is 9.34. The molecule has 0 aliphatic carbocycles. The summed E-state index contributed by atoms with van der Waals surface area (Å²) in [6, 6.07) is 18.4. The van der Waals surface area contributed by atoms with Crippen LogP contribution < -0.4 is 0 Å². The lowest BCUT2D eigenvalue weighted by atomic mass is 9.91. The summed E-state index contributed by atoms with van der Waals surface area (Å²) in [5.74, 6) is -0.571. The molecule has 2 fully saturated rings. The molecular formula is C22H24ClNO2. The summed E-state index contributed by atoms with van der Waals surface area (Å²) in [6.45, 7) is 0. The molecule has 26 heavy (non-hydrogen) atoms. The molecule has 4 heteroatoms. The third-order valence-corrected chi connectivity index (χ3v) is 6.16. The molecule has 0 aromatic heterocycles. The molecule has 2 unspecified atom stereocenters. The Bertz CT molecular complexity index is 747. The molecule has 2 heterocycles. The number of hydrogen-bond donors (Lipinski definition) is 0. The molecule has 2 saturated heterocycles. The maximum Gasteiger partial charge on any atom is 0.318 e. The van der Waals surface area contributed by atoms with E-state index in [-0.39, 0.29) is 12.1 Å². The van der Waals surface area contributed by atoms with Crippen molar-refractivity contribution in [3.05, 3.63) is 70.7 Å². The van der Waals surface area contributed by atoms with Gasteiger partial charge in [-0.15, -0.1) is 0 Å². The van der Waals surface area contributed by atoms with Gasteiger partial charge in [-0.25, -0.2) is 0 Å². The van der Waals surface area contributed by atoms with Crippen molar-refractivity contribution in [3.8, 4) is 0 Å². The van der Waals surface area contributed by atoms with Gasteiger partial charge >= 0.3 is 5.97 Å². The highest BCUT2D eigenvalue weighted by molar-refractivity contribution is 6.30. The molecule has 4 rings (SSSR count). The van der Waals surface area contributed by atoms with Crippen LogP contribution in [0.2, 0.25) is 5.02 Å². The molecule has 0 amide bonds. The molecule has 0 radical (unpaired) electrons. The number of fused-ring (bicyclic) bond motifs is 2. The first-order valence-corrected chi connectivity index (χ1v) is 9.72. The quantitative estimate of drug-likeness (QED) is 0.735. The Labute approximate surface area is 159 Å². The molecule has 4 atom stereocenters. The van der Waals surface area contributed by atoms with Crippen LogP contribution in [0.3, 0.4) is 0 Å². The van der Waals surface area contributed by atoms with Gasteiger partial charge < -0.3 is 9.64 Å². The summed E-state index contributed by atoms with van der Waals surface area (Å²) in [5, 5.41) is 0.667. The van der Waals surface area contributed by atoms with E-state index in [0.29, 0.717) is 17.1 Å². The second kappa shape index (κ2) is 7.42. The van der Waals surface area contributed by atoms with Gasteiger partial charge in [0.2, 0.25) is 0 Å². The zero-order valence-electron chi connectivity index (χ0n) is 15.0. The molecule has 2 aliphatic rings. The Kier molecular flexibility index (Phi) is 5.01. The van der Waals surface area contributed by atoms with E-state index in [1.54, 1.807) is 0 Å². The Morgan fingerprint density at radius 2 is 1.58 bits per heavy atom. The van der Waals surface area contributed by atoms with Crippen LogP contribution in [0.25, 0.3) is 0 Å². The molecule has 136 valence electrons. The van der Waals surface area contributed by atoms with Gasteiger partial charge in [-0.05, 0) is 56.0 Å². The van der Waals surface area contributed by atoms with Gasteiger partial charge in [-0.1, -0.05) is 54.1 Å². The van der Waals surface area contributed by atoms with E-state index in [1.807, 2.05) is 54.6 Å². The van der Waals surface area contributed by atoms with Crippen LogP contribution in [-0.4, -0.2) is 36.1 Å². The zero-order chi connectivity index (χ0) is 18.1. The van der Waals surface area contributed by atoms with Crippen LogP contribution in [0, 0.1) is 0 Å². The van der Waals surface area contributed by atoms with Crippen molar-refractivity contribution in [3.63, 3.8) is 0 Å².